The molecule has 0 bridgehead atoms. The van der Waals surface area contributed by atoms with E-state index >= 15 is 0 Å². The van der Waals surface area contributed by atoms with Crippen molar-refractivity contribution in [2.24, 2.45) is 0 Å². The van der Waals surface area contributed by atoms with Gasteiger partial charge in [0, 0.05) is 26.5 Å². The largest absolute Gasteiger partial charge is 0.359 e. The van der Waals surface area contributed by atoms with Gasteiger partial charge < -0.3 is 9.80 Å². The van der Waals surface area contributed by atoms with Gasteiger partial charge in [-0.2, -0.15) is 0 Å². The smallest absolute Gasteiger partial charge is 0.100 e. The van der Waals surface area contributed by atoms with E-state index in [1.807, 2.05) is 0 Å². The van der Waals surface area contributed by atoms with Crippen LogP contribution in [-0.4, -0.2) is 30.1 Å². The summed E-state index contributed by atoms with van der Waals surface area (Å²) in [5.74, 6) is 0. The summed E-state index contributed by atoms with van der Waals surface area (Å²) in [5, 5.41) is 0. The number of nitrogens with zero attached hydrogens (tertiary/aromatic N) is 2. The summed E-state index contributed by atoms with van der Waals surface area (Å²) in [6, 6.07) is 0. The van der Waals surface area contributed by atoms with E-state index in [0.29, 0.717) is 6.17 Å². The summed E-state index contributed by atoms with van der Waals surface area (Å²) >= 11 is 6.44. The Morgan fingerprint density at radius 2 is 1.57 bits per heavy atom. The van der Waals surface area contributed by atoms with Gasteiger partial charge in [-0.05, 0) is 12.8 Å². The third kappa shape index (κ3) is 4.51. The molecule has 2 nitrogen and oxygen atoms in total. The number of rotatable bonds is 4. The van der Waals surface area contributed by atoms with Gasteiger partial charge >= 0.3 is 0 Å². The van der Waals surface area contributed by atoms with E-state index in [0.717, 1.165) is 0 Å². The van der Waals surface area contributed by atoms with Crippen molar-refractivity contribution in [1.82, 2.24) is 9.80 Å². The summed E-state index contributed by atoms with van der Waals surface area (Å²) in [6.07, 6.45) is 10.2. The van der Waals surface area contributed by atoms with Crippen LogP contribution in [0.25, 0.3) is 0 Å². The van der Waals surface area contributed by atoms with Gasteiger partial charge in [-0.3, -0.25) is 0 Å². The monoisotopic (exact) mass is 234 g/mol. The van der Waals surface area contributed by atoms with Gasteiger partial charge in [0.1, 0.15) is 6.17 Å². The Labute approximate surface area is 98.6 Å². The van der Waals surface area contributed by atoms with Crippen molar-refractivity contribution in [3.63, 3.8) is 0 Å². The van der Waals surface area contributed by atoms with Crippen molar-refractivity contribution in [2.75, 3.05) is 14.1 Å². The van der Waals surface area contributed by atoms with Crippen LogP contribution >= 0.6 is 23.3 Å². The van der Waals surface area contributed by atoms with Gasteiger partial charge in [-0.1, -0.05) is 19.8 Å². The third-order valence-electron chi connectivity index (χ3n) is 2.54. The topological polar surface area (TPSA) is 6.48 Å². The molecule has 0 atom stereocenters. The van der Waals surface area contributed by atoms with Crippen LogP contribution in [0, 0.1) is 0 Å². The maximum atomic E-state index is 3.22. The number of hydrogen-bond donors (Lipinski definition) is 2. The average Bonchev–Trinajstić information content (AvgIpc) is 2.52. The lowest BCUT2D eigenvalue weighted by Gasteiger charge is -2.27. The Bertz CT molecular complexity index is 150. The van der Waals surface area contributed by atoms with E-state index in [1.54, 1.807) is 0 Å². The molecule has 14 heavy (non-hydrogen) atoms. The van der Waals surface area contributed by atoms with Crippen molar-refractivity contribution >= 4 is 23.3 Å². The highest BCUT2D eigenvalue weighted by atomic mass is 33.1. The summed E-state index contributed by atoms with van der Waals surface area (Å²) in [6.45, 7) is 2.25. The molecule has 4 heteroatoms. The molecular formula is C10H22N2S2. The molecule has 1 rings (SSSR count). The summed E-state index contributed by atoms with van der Waals surface area (Å²) < 4.78 is 0. The first kappa shape index (κ1) is 14.0. The van der Waals surface area contributed by atoms with Gasteiger partial charge in [0.15, 0.2) is 0 Å². The quantitative estimate of drug-likeness (QED) is 0.439. The fourth-order valence-electron chi connectivity index (χ4n) is 1.68. The Morgan fingerprint density at radius 3 is 2.00 bits per heavy atom. The highest BCUT2D eigenvalue weighted by Crippen LogP contribution is 2.17. The molecule has 1 heterocycles. The second kappa shape index (κ2) is 8.36. The zero-order chi connectivity index (χ0) is 11.0. The fourth-order valence-corrected chi connectivity index (χ4v) is 1.68. The molecule has 84 valence electrons. The molecule has 1 aliphatic heterocycles. The van der Waals surface area contributed by atoms with Crippen LogP contribution in [-0.2, 0) is 0 Å². The van der Waals surface area contributed by atoms with Gasteiger partial charge in [-0.15, -0.1) is 23.3 Å². The average molecular weight is 234 g/mol. The van der Waals surface area contributed by atoms with Crippen molar-refractivity contribution in [3.05, 3.63) is 12.4 Å². The Kier molecular flexibility index (Phi) is 8.38. The normalized spacial score (nSPS) is 15.8. The molecule has 0 aromatic carbocycles. The molecular weight excluding hydrogens is 212 g/mol. The summed E-state index contributed by atoms with van der Waals surface area (Å²) in [4.78, 5) is 4.57. The van der Waals surface area contributed by atoms with Crippen molar-refractivity contribution < 1.29 is 0 Å². The van der Waals surface area contributed by atoms with E-state index < -0.39 is 0 Å². The molecule has 0 unspecified atom stereocenters. The maximum Gasteiger partial charge on any atom is 0.100 e. The lowest BCUT2D eigenvalue weighted by Crippen LogP contribution is -2.33. The lowest BCUT2D eigenvalue weighted by atomic mass is 10.1. The fraction of sp³-hybridized carbons (Fsp3) is 0.800. The minimum Gasteiger partial charge on any atom is -0.359 e. The minimum atomic E-state index is 0.608. The molecule has 0 N–H and O–H groups in total. The third-order valence-corrected chi connectivity index (χ3v) is 2.54. The van der Waals surface area contributed by atoms with Crippen LogP contribution in [0.3, 0.4) is 0 Å². The van der Waals surface area contributed by atoms with Gasteiger partial charge in [-0.25, -0.2) is 0 Å². The van der Waals surface area contributed by atoms with Crippen molar-refractivity contribution in [1.29, 1.82) is 0 Å². The van der Waals surface area contributed by atoms with Crippen LogP contribution in [0.1, 0.15) is 32.6 Å². The van der Waals surface area contributed by atoms with Crippen LogP contribution in [0.2, 0.25) is 0 Å². The molecule has 1 aliphatic rings. The zero-order valence-corrected chi connectivity index (χ0v) is 11.1. The van der Waals surface area contributed by atoms with Crippen molar-refractivity contribution in [2.45, 2.75) is 38.8 Å². The summed E-state index contributed by atoms with van der Waals surface area (Å²) in [5.41, 5.74) is 0. The second-order valence-electron chi connectivity index (χ2n) is 3.61. The summed E-state index contributed by atoms with van der Waals surface area (Å²) in [7, 11) is 4.30. The van der Waals surface area contributed by atoms with Gasteiger partial charge in [0.2, 0.25) is 0 Å². The first-order chi connectivity index (χ1) is 6.75. The highest BCUT2D eigenvalue weighted by Gasteiger charge is 2.18. The van der Waals surface area contributed by atoms with Crippen molar-refractivity contribution in [3.8, 4) is 0 Å². The molecule has 0 fully saturated rings. The molecule has 0 radical (unpaired) electrons. The second-order valence-corrected chi connectivity index (χ2v) is 3.61. The Hall–Kier alpha value is 0.0400. The first-order valence-corrected chi connectivity index (χ1v) is 6.68. The van der Waals surface area contributed by atoms with E-state index in [-0.39, 0.29) is 0 Å². The van der Waals surface area contributed by atoms with E-state index in [2.05, 4.69) is 66.5 Å². The van der Waals surface area contributed by atoms with Crippen LogP contribution < -0.4 is 0 Å². The van der Waals surface area contributed by atoms with E-state index in [9.17, 15) is 0 Å². The van der Waals surface area contributed by atoms with Crippen LogP contribution in [0.5, 0.6) is 0 Å². The highest BCUT2D eigenvalue weighted by molar-refractivity contribution is 8.59. The molecule has 0 spiro atoms. The molecule has 0 amide bonds. The van der Waals surface area contributed by atoms with Gasteiger partial charge in [0.05, 0.1) is 0 Å². The minimum absolute atomic E-state index is 0.608. The molecule has 0 saturated carbocycles. The standard InChI is InChI=1S/C10H20N2.H2S2/c1-4-5-6-7-10-11(2)8-9-12(10)3;1-2/h8-10H,4-7H2,1-3H3;1-2H. The Balaban J connectivity index is 0.000000791. The zero-order valence-electron chi connectivity index (χ0n) is 9.35. The van der Waals surface area contributed by atoms with Gasteiger partial charge in [0.25, 0.3) is 0 Å². The van der Waals surface area contributed by atoms with Crippen LogP contribution in [0.15, 0.2) is 12.4 Å². The van der Waals surface area contributed by atoms with Crippen LogP contribution in [0.4, 0.5) is 0 Å². The maximum absolute atomic E-state index is 3.22. The predicted molar refractivity (Wildman–Crippen MR) is 70.6 cm³/mol. The SMILES string of the molecule is CCCCCC1N(C)C=CN1C.SS. The number of hydrogen-bond acceptors (Lipinski definition) is 4. The van der Waals surface area contributed by atoms with E-state index in [1.165, 1.54) is 25.7 Å². The Morgan fingerprint density at radius 1 is 1.07 bits per heavy atom. The predicted octanol–water partition coefficient (Wildman–Crippen LogP) is 3.00. The lowest BCUT2D eigenvalue weighted by molar-refractivity contribution is 0.188. The molecule has 0 aromatic rings. The molecule has 0 aliphatic carbocycles. The first-order valence-electron chi connectivity index (χ1n) is 5.08. The molecule has 0 aromatic heterocycles. The van der Waals surface area contributed by atoms with E-state index in [4.69, 9.17) is 0 Å². The number of thiol groups is 2. The molecule has 0 saturated heterocycles. The number of unbranched alkanes of at least 4 members (excludes halogenated alkanes) is 2.